The molecule has 0 heterocycles. The number of hydrogen-bond acceptors (Lipinski definition) is 2. The third-order valence-corrected chi connectivity index (χ3v) is 1.71. The highest BCUT2D eigenvalue weighted by Crippen LogP contribution is 1.96. The standard InChI is InChI=1S/C8H15NO2/c1-4-7(2)9(3)6-5-8(10)11/h4,7H,1,5-6H2,2-3H3,(H,10,11). The van der Waals surface area contributed by atoms with Gasteiger partial charge in [0.25, 0.3) is 0 Å². The van der Waals surface area contributed by atoms with Crippen molar-refractivity contribution in [2.24, 2.45) is 0 Å². The molecular weight excluding hydrogens is 142 g/mol. The first kappa shape index (κ1) is 10.2. The van der Waals surface area contributed by atoms with E-state index in [9.17, 15) is 4.79 Å². The minimum Gasteiger partial charge on any atom is -0.481 e. The monoisotopic (exact) mass is 157 g/mol. The van der Waals surface area contributed by atoms with Crippen molar-refractivity contribution >= 4 is 5.97 Å². The second-order valence-corrected chi connectivity index (χ2v) is 2.60. The molecule has 0 radical (unpaired) electrons. The van der Waals surface area contributed by atoms with Crippen LogP contribution in [0.2, 0.25) is 0 Å². The highest BCUT2D eigenvalue weighted by molar-refractivity contribution is 5.66. The summed E-state index contributed by atoms with van der Waals surface area (Å²) in [4.78, 5) is 12.1. The van der Waals surface area contributed by atoms with Crippen molar-refractivity contribution < 1.29 is 9.90 Å². The molecule has 0 aromatic rings. The zero-order valence-electron chi connectivity index (χ0n) is 7.08. The van der Waals surface area contributed by atoms with Crippen LogP contribution in [0.5, 0.6) is 0 Å². The van der Waals surface area contributed by atoms with Crippen molar-refractivity contribution in [3.8, 4) is 0 Å². The molecule has 0 aromatic heterocycles. The summed E-state index contributed by atoms with van der Waals surface area (Å²) in [5.41, 5.74) is 0. The zero-order chi connectivity index (χ0) is 8.85. The molecule has 11 heavy (non-hydrogen) atoms. The first-order valence-corrected chi connectivity index (χ1v) is 3.62. The number of hydrogen-bond donors (Lipinski definition) is 1. The van der Waals surface area contributed by atoms with Crippen molar-refractivity contribution in [1.29, 1.82) is 0 Å². The van der Waals surface area contributed by atoms with Crippen LogP contribution in [0.4, 0.5) is 0 Å². The van der Waals surface area contributed by atoms with Crippen LogP contribution in [-0.4, -0.2) is 35.6 Å². The van der Waals surface area contributed by atoms with Gasteiger partial charge in [-0.2, -0.15) is 0 Å². The lowest BCUT2D eigenvalue weighted by Gasteiger charge is -2.20. The van der Waals surface area contributed by atoms with Gasteiger partial charge in [-0.05, 0) is 14.0 Å². The van der Waals surface area contributed by atoms with Crippen LogP contribution in [0, 0.1) is 0 Å². The van der Waals surface area contributed by atoms with Gasteiger partial charge in [-0.15, -0.1) is 6.58 Å². The Balaban J connectivity index is 3.59. The Morgan fingerprint density at radius 1 is 1.82 bits per heavy atom. The lowest BCUT2D eigenvalue weighted by Crippen LogP contribution is -2.29. The van der Waals surface area contributed by atoms with E-state index in [-0.39, 0.29) is 12.5 Å². The van der Waals surface area contributed by atoms with Gasteiger partial charge >= 0.3 is 5.97 Å². The molecule has 1 unspecified atom stereocenters. The number of aliphatic carboxylic acids is 1. The molecule has 0 saturated heterocycles. The Bertz CT molecular complexity index is 145. The largest absolute Gasteiger partial charge is 0.481 e. The molecule has 0 aliphatic carbocycles. The van der Waals surface area contributed by atoms with E-state index in [2.05, 4.69) is 6.58 Å². The van der Waals surface area contributed by atoms with Crippen LogP contribution in [0.15, 0.2) is 12.7 Å². The van der Waals surface area contributed by atoms with E-state index >= 15 is 0 Å². The first-order valence-electron chi connectivity index (χ1n) is 3.62. The molecule has 0 bridgehead atoms. The summed E-state index contributed by atoms with van der Waals surface area (Å²) in [7, 11) is 1.88. The Kier molecular flexibility index (Phi) is 4.54. The van der Waals surface area contributed by atoms with Gasteiger partial charge < -0.3 is 5.11 Å². The summed E-state index contributed by atoms with van der Waals surface area (Å²) in [5.74, 6) is -0.756. The van der Waals surface area contributed by atoms with Crippen molar-refractivity contribution in [3.05, 3.63) is 12.7 Å². The van der Waals surface area contributed by atoms with Gasteiger partial charge in [0, 0.05) is 12.6 Å². The van der Waals surface area contributed by atoms with E-state index in [0.717, 1.165) is 0 Å². The summed E-state index contributed by atoms with van der Waals surface area (Å²) in [5, 5.41) is 8.36. The molecule has 0 fully saturated rings. The van der Waals surface area contributed by atoms with Crippen LogP contribution in [0.25, 0.3) is 0 Å². The fraction of sp³-hybridized carbons (Fsp3) is 0.625. The average molecular weight is 157 g/mol. The van der Waals surface area contributed by atoms with Crippen LogP contribution in [0.3, 0.4) is 0 Å². The summed E-state index contributed by atoms with van der Waals surface area (Å²) in [6.07, 6.45) is 1.98. The molecule has 64 valence electrons. The van der Waals surface area contributed by atoms with Crippen LogP contribution >= 0.6 is 0 Å². The predicted octanol–water partition coefficient (Wildman–Crippen LogP) is 0.967. The van der Waals surface area contributed by atoms with Gasteiger partial charge in [0.1, 0.15) is 0 Å². The summed E-state index contributed by atoms with van der Waals surface area (Å²) >= 11 is 0. The third kappa shape index (κ3) is 4.56. The van der Waals surface area contributed by atoms with Crippen LogP contribution in [-0.2, 0) is 4.79 Å². The molecule has 0 amide bonds. The van der Waals surface area contributed by atoms with Gasteiger partial charge in [0.2, 0.25) is 0 Å². The smallest absolute Gasteiger partial charge is 0.304 e. The Morgan fingerprint density at radius 2 is 2.36 bits per heavy atom. The number of carbonyl (C=O) groups is 1. The second kappa shape index (κ2) is 4.91. The molecule has 0 spiro atoms. The molecule has 0 aromatic carbocycles. The van der Waals surface area contributed by atoms with Crippen LogP contribution < -0.4 is 0 Å². The quantitative estimate of drug-likeness (QED) is 0.604. The van der Waals surface area contributed by atoms with E-state index in [1.807, 2.05) is 18.9 Å². The normalized spacial score (nSPS) is 13.0. The lowest BCUT2D eigenvalue weighted by molar-refractivity contribution is -0.137. The summed E-state index contributed by atoms with van der Waals surface area (Å²) < 4.78 is 0. The van der Waals surface area contributed by atoms with Gasteiger partial charge in [-0.1, -0.05) is 6.08 Å². The van der Waals surface area contributed by atoms with Gasteiger partial charge in [-0.3, -0.25) is 9.69 Å². The van der Waals surface area contributed by atoms with Crippen molar-refractivity contribution in [3.63, 3.8) is 0 Å². The Hall–Kier alpha value is -0.830. The average Bonchev–Trinajstić information content (AvgIpc) is 1.98. The fourth-order valence-electron chi connectivity index (χ4n) is 0.656. The van der Waals surface area contributed by atoms with Crippen LogP contribution in [0.1, 0.15) is 13.3 Å². The molecular formula is C8H15NO2. The number of likely N-dealkylation sites (N-methyl/N-ethyl adjacent to an activating group) is 1. The predicted molar refractivity (Wildman–Crippen MR) is 44.5 cm³/mol. The van der Waals surface area contributed by atoms with Crippen molar-refractivity contribution in [2.45, 2.75) is 19.4 Å². The maximum atomic E-state index is 10.2. The molecule has 1 atom stereocenters. The number of carboxylic acids is 1. The molecule has 1 N–H and O–H groups in total. The highest BCUT2D eigenvalue weighted by atomic mass is 16.4. The van der Waals surface area contributed by atoms with Crippen molar-refractivity contribution in [2.75, 3.05) is 13.6 Å². The van der Waals surface area contributed by atoms with Crippen molar-refractivity contribution in [1.82, 2.24) is 4.90 Å². The maximum Gasteiger partial charge on any atom is 0.304 e. The minimum atomic E-state index is -0.756. The zero-order valence-corrected chi connectivity index (χ0v) is 7.08. The summed E-state index contributed by atoms with van der Waals surface area (Å²) in [6.45, 7) is 6.17. The number of rotatable bonds is 5. The Morgan fingerprint density at radius 3 is 2.73 bits per heavy atom. The van der Waals surface area contributed by atoms with Gasteiger partial charge in [0.15, 0.2) is 0 Å². The summed E-state index contributed by atoms with van der Waals surface area (Å²) in [6, 6.07) is 0.245. The third-order valence-electron chi connectivity index (χ3n) is 1.71. The van der Waals surface area contributed by atoms with E-state index in [1.165, 1.54) is 0 Å². The number of nitrogens with zero attached hydrogens (tertiary/aromatic N) is 1. The second-order valence-electron chi connectivity index (χ2n) is 2.60. The Labute approximate surface area is 67.3 Å². The molecule has 0 rings (SSSR count). The SMILES string of the molecule is C=CC(C)N(C)CCC(=O)O. The molecule has 0 saturated carbocycles. The lowest BCUT2D eigenvalue weighted by atomic mass is 10.3. The fourth-order valence-corrected chi connectivity index (χ4v) is 0.656. The van der Waals surface area contributed by atoms with E-state index in [0.29, 0.717) is 6.54 Å². The molecule has 3 heteroatoms. The van der Waals surface area contributed by atoms with Gasteiger partial charge in [0.05, 0.1) is 6.42 Å². The minimum absolute atomic E-state index is 0.189. The van der Waals surface area contributed by atoms with Gasteiger partial charge in [-0.25, -0.2) is 0 Å². The molecule has 3 nitrogen and oxygen atoms in total. The van der Waals surface area contributed by atoms with E-state index in [1.54, 1.807) is 6.08 Å². The molecule has 0 aliphatic rings. The first-order chi connectivity index (χ1) is 5.07. The highest BCUT2D eigenvalue weighted by Gasteiger charge is 2.05. The topological polar surface area (TPSA) is 40.5 Å². The molecule has 0 aliphatic heterocycles. The van der Waals surface area contributed by atoms with E-state index < -0.39 is 5.97 Å². The maximum absolute atomic E-state index is 10.2. The van der Waals surface area contributed by atoms with E-state index in [4.69, 9.17) is 5.11 Å². The number of carboxylic acid groups (broad SMARTS) is 1.